The zero-order chi connectivity index (χ0) is 31.7. The Hall–Kier alpha value is -5.24. The van der Waals surface area contributed by atoms with Crippen LogP contribution in [0.5, 0.6) is 0 Å². The van der Waals surface area contributed by atoms with Gasteiger partial charge < -0.3 is 21.3 Å². The van der Waals surface area contributed by atoms with Crippen LogP contribution < -0.4 is 21.3 Å². The summed E-state index contributed by atoms with van der Waals surface area (Å²) in [5.41, 5.74) is 4.43. The van der Waals surface area contributed by atoms with E-state index in [-0.39, 0.29) is 36.5 Å². The van der Waals surface area contributed by atoms with Gasteiger partial charge in [0.25, 0.3) is 0 Å². The fraction of sp³-hybridized carbons (Fsp3) is 0.243. The Morgan fingerprint density at radius 2 is 0.711 bits per heavy atom. The molecular weight excluding hydrogens is 564 g/mol. The van der Waals surface area contributed by atoms with Gasteiger partial charge in [-0.3, -0.25) is 19.2 Å². The van der Waals surface area contributed by atoms with Gasteiger partial charge in [0.15, 0.2) is 0 Å². The molecule has 8 heteroatoms. The summed E-state index contributed by atoms with van der Waals surface area (Å²) in [7, 11) is 0. The SMILES string of the molecule is O=C(CCCCCCCC(=O)Nc1cccc(NC(=O)Cc2ccccc2)c1)Nc1cccc(NC(=O)Cc2ccccc2)c1. The van der Waals surface area contributed by atoms with Gasteiger partial charge in [0.05, 0.1) is 12.8 Å². The van der Waals surface area contributed by atoms with Crippen LogP contribution in [0.4, 0.5) is 22.7 Å². The van der Waals surface area contributed by atoms with Crippen molar-refractivity contribution < 1.29 is 19.2 Å². The monoisotopic (exact) mass is 604 g/mol. The van der Waals surface area contributed by atoms with Gasteiger partial charge in [-0.05, 0) is 60.4 Å². The Morgan fingerprint density at radius 1 is 0.378 bits per heavy atom. The number of hydrogen-bond acceptors (Lipinski definition) is 4. The first kappa shape index (κ1) is 32.7. The third-order valence-electron chi connectivity index (χ3n) is 7.08. The number of carbonyl (C=O) groups excluding carboxylic acids is 4. The van der Waals surface area contributed by atoms with Crippen LogP contribution in [0.3, 0.4) is 0 Å². The highest BCUT2D eigenvalue weighted by molar-refractivity contribution is 5.96. The molecule has 0 saturated carbocycles. The molecule has 0 unspecified atom stereocenters. The first-order valence-corrected chi connectivity index (χ1v) is 15.4. The van der Waals surface area contributed by atoms with E-state index in [1.165, 1.54) is 0 Å². The molecule has 4 rings (SSSR count). The lowest BCUT2D eigenvalue weighted by molar-refractivity contribution is -0.117. The minimum Gasteiger partial charge on any atom is -0.326 e. The van der Waals surface area contributed by atoms with Gasteiger partial charge in [0.2, 0.25) is 23.6 Å². The number of unbranched alkanes of at least 4 members (excludes halogenated alkanes) is 4. The molecule has 4 aromatic carbocycles. The summed E-state index contributed by atoms with van der Waals surface area (Å²) in [5.74, 6) is -0.366. The lowest BCUT2D eigenvalue weighted by atomic mass is 10.1. The Bertz CT molecular complexity index is 1440. The Morgan fingerprint density at radius 3 is 1.09 bits per heavy atom. The molecule has 0 atom stereocenters. The van der Waals surface area contributed by atoms with Crippen molar-refractivity contribution in [3.05, 3.63) is 120 Å². The minimum absolute atomic E-state index is 0.0689. The molecule has 0 aliphatic heterocycles. The average molecular weight is 605 g/mol. The van der Waals surface area contributed by atoms with Crippen LogP contribution in [-0.2, 0) is 32.0 Å². The van der Waals surface area contributed by atoms with Gasteiger partial charge in [-0.15, -0.1) is 0 Å². The Labute approximate surface area is 264 Å². The molecule has 45 heavy (non-hydrogen) atoms. The van der Waals surface area contributed by atoms with E-state index in [1.54, 1.807) is 48.5 Å². The van der Waals surface area contributed by atoms with Crippen molar-refractivity contribution in [2.24, 2.45) is 0 Å². The molecule has 0 heterocycles. The first-order chi connectivity index (χ1) is 21.9. The highest BCUT2D eigenvalue weighted by Gasteiger charge is 2.08. The smallest absolute Gasteiger partial charge is 0.228 e. The maximum Gasteiger partial charge on any atom is 0.228 e. The highest BCUT2D eigenvalue weighted by atomic mass is 16.2. The molecule has 0 aromatic heterocycles. The average Bonchev–Trinajstić information content (AvgIpc) is 3.02. The van der Waals surface area contributed by atoms with Crippen LogP contribution in [0.15, 0.2) is 109 Å². The van der Waals surface area contributed by atoms with Crippen molar-refractivity contribution in [3.63, 3.8) is 0 Å². The number of carbonyl (C=O) groups is 4. The summed E-state index contributed by atoms with van der Waals surface area (Å²) in [6, 6.07) is 33.4. The van der Waals surface area contributed by atoms with E-state index in [1.807, 2.05) is 60.7 Å². The lowest BCUT2D eigenvalue weighted by Gasteiger charge is -2.10. The van der Waals surface area contributed by atoms with Gasteiger partial charge in [-0.1, -0.05) is 92.1 Å². The summed E-state index contributed by atoms with van der Waals surface area (Å²) >= 11 is 0. The van der Waals surface area contributed by atoms with E-state index in [2.05, 4.69) is 21.3 Å². The van der Waals surface area contributed by atoms with Crippen LogP contribution in [0, 0.1) is 0 Å². The molecule has 232 valence electrons. The molecule has 0 bridgehead atoms. The Balaban J connectivity index is 1.06. The number of rotatable bonds is 16. The first-order valence-electron chi connectivity index (χ1n) is 15.4. The second kappa shape index (κ2) is 17.8. The standard InChI is InChI=1S/C37H40N4O4/c42-34(38-30-18-12-20-32(26-30)40-36(44)24-28-14-6-4-7-15-28)22-10-2-1-3-11-23-35(43)39-31-19-13-21-33(27-31)41-37(45)25-29-16-8-5-9-17-29/h4-9,12-21,26-27H,1-3,10-11,22-25H2,(H,38,42)(H,39,43)(H,40,44)(H,41,45). The zero-order valence-corrected chi connectivity index (χ0v) is 25.4. The molecule has 0 fully saturated rings. The molecule has 0 aliphatic rings. The fourth-order valence-corrected chi connectivity index (χ4v) is 4.87. The molecule has 4 amide bonds. The lowest BCUT2D eigenvalue weighted by Crippen LogP contribution is -2.15. The summed E-state index contributed by atoms with van der Waals surface area (Å²) in [6.07, 6.45) is 5.63. The van der Waals surface area contributed by atoms with Gasteiger partial charge in [0.1, 0.15) is 0 Å². The summed E-state index contributed by atoms with van der Waals surface area (Å²) < 4.78 is 0. The van der Waals surface area contributed by atoms with E-state index in [0.717, 1.165) is 43.2 Å². The van der Waals surface area contributed by atoms with E-state index in [9.17, 15) is 19.2 Å². The molecule has 0 saturated heterocycles. The highest BCUT2D eigenvalue weighted by Crippen LogP contribution is 2.18. The van der Waals surface area contributed by atoms with Crippen LogP contribution in [0.1, 0.15) is 56.1 Å². The maximum absolute atomic E-state index is 12.4. The predicted molar refractivity (Wildman–Crippen MR) is 180 cm³/mol. The number of amides is 4. The second-order valence-electron chi connectivity index (χ2n) is 10.9. The molecule has 8 nitrogen and oxygen atoms in total. The minimum atomic E-state index is -0.114. The van der Waals surface area contributed by atoms with Crippen molar-refractivity contribution in [1.82, 2.24) is 0 Å². The summed E-state index contributed by atoms with van der Waals surface area (Å²) in [5, 5.41) is 11.6. The largest absolute Gasteiger partial charge is 0.326 e. The van der Waals surface area contributed by atoms with Gasteiger partial charge in [-0.2, -0.15) is 0 Å². The van der Waals surface area contributed by atoms with E-state index >= 15 is 0 Å². The van der Waals surface area contributed by atoms with E-state index < -0.39 is 0 Å². The zero-order valence-electron chi connectivity index (χ0n) is 25.4. The maximum atomic E-state index is 12.4. The third-order valence-corrected chi connectivity index (χ3v) is 7.08. The molecule has 0 aliphatic carbocycles. The van der Waals surface area contributed by atoms with Crippen LogP contribution >= 0.6 is 0 Å². The van der Waals surface area contributed by atoms with Gasteiger partial charge >= 0.3 is 0 Å². The number of anilines is 4. The molecule has 4 aromatic rings. The van der Waals surface area contributed by atoms with Crippen molar-refractivity contribution in [3.8, 4) is 0 Å². The van der Waals surface area contributed by atoms with Crippen molar-refractivity contribution >= 4 is 46.4 Å². The van der Waals surface area contributed by atoms with Crippen molar-refractivity contribution in [2.75, 3.05) is 21.3 Å². The number of hydrogen-bond donors (Lipinski definition) is 4. The predicted octanol–water partition coefficient (Wildman–Crippen LogP) is 7.36. The molecule has 4 N–H and O–H groups in total. The quantitative estimate of drug-likeness (QED) is 0.100. The van der Waals surface area contributed by atoms with E-state index in [0.29, 0.717) is 35.6 Å². The van der Waals surface area contributed by atoms with E-state index in [4.69, 9.17) is 0 Å². The summed E-state index contributed by atoms with van der Waals surface area (Å²) in [6.45, 7) is 0. The number of benzene rings is 4. The normalized spacial score (nSPS) is 10.5. The topological polar surface area (TPSA) is 116 Å². The molecule has 0 spiro atoms. The Kier molecular flexibility index (Phi) is 12.9. The molecular formula is C37H40N4O4. The van der Waals surface area contributed by atoms with Gasteiger partial charge in [-0.25, -0.2) is 0 Å². The molecule has 0 radical (unpaired) electrons. The van der Waals surface area contributed by atoms with Crippen LogP contribution in [-0.4, -0.2) is 23.6 Å². The number of nitrogens with one attached hydrogen (secondary N) is 4. The van der Waals surface area contributed by atoms with Gasteiger partial charge in [0, 0.05) is 35.6 Å². The fourth-order valence-electron chi connectivity index (χ4n) is 4.87. The third kappa shape index (κ3) is 12.5. The van der Waals surface area contributed by atoms with Crippen molar-refractivity contribution in [2.45, 2.75) is 57.8 Å². The second-order valence-corrected chi connectivity index (χ2v) is 10.9. The summed E-state index contributed by atoms with van der Waals surface area (Å²) in [4.78, 5) is 49.5. The van der Waals surface area contributed by atoms with Crippen LogP contribution in [0.2, 0.25) is 0 Å². The van der Waals surface area contributed by atoms with Crippen LogP contribution in [0.25, 0.3) is 0 Å². The van der Waals surface area contributed by atoms with Crippen molar-refractivity contribution in [1.29, 1.82) is 0 Å².